The lowest BCUT2D eigenvalue weighted by Crippen LogP contribution is -2.43. The van der Waals surface area contributed by atoms with E-state index < -0.39 is 0 Å². The van der Waals surface area contributed by atoms with E-state index in [1.165, 1.54) is 25.1 Å². The highest BCUT2D eigenvalue weighted by Gasteiger charge is 2.31. The molecular weight excluding hydrogens is 196 g/mol. The van der Waals surface area contributed by atoms with Crippen molar-refractivity contribution >= 4 is 0 Å². The van der Waals surface area contributed by atoms with Gasteiger partial charge in [0.25, 0.3) is 0 Å². The van der Waals surface area contributed by atoms with Crippen molar-refractivity contribution < 1.29 is 0 Å². The van der Waals surface area contributed by atoms with Crippen LogP contribution in [0.5, 0.6) is 0 Å². The van der Waals surface area contributed by atoms with Crippen LogP contribution in [0.15, 0.2) is 12.1 Å². The van der Waals surface area contributed by atoms with Gasteiger partial charge in [-0.3, -0.25) is 4.90 Å². The molecule has 0 N–H and O–H groups in total. The van der Waals surface area contributed by atoms with E-state index in [-0.39, 0.29) is 0 Å². The standard InChI is InChI=1S/C14H20N2/c1-10-6-11-4-5-16(3)13-9-15(2)8-12(7-10)14(11)13/h6-7,13H,4-5,8-9H2,1-3H3. The van der Waals surface area contributed by atoms with Crippen LogP contribution in [0.25, 0.3) is 0 Å². The fraction of sp³-hybridized carbons (Fsp3) is 0.571. The summed E-state index contributed by atoms with van der Waals surface area (Å²) in [7, 11) is 4.49. The molecule has 16 heavy (non-hydrogen) atoms. The van der Waals surface area contributed by atoms with Crippen LogP contribution < -0.4 is 0 Å². The van der Waals surface area contributed by atoms with Crippen LogP contribution in [0, 0.1) is 6.92 Å². The molecule has 0 fully saturated rings. The summed E-state index contributed by atoms with van der Waals surface area (Å²) in [5.74, 6) is 0. The SMILES string of the molecule is Cc1cc2c3c(c1)CN(C)CC3N(C)CC2. The maximum Gasteiger partial charge on any atom is 0.0478 e. The fourth-order valence-electron chi connectivity index (χ4n) is 3.27. The Balaban J connectivity index is 2.17. The first-order valence-corrected chi connectivity index (χ1v) is 6.16. The number of likely N-dealkylation sites (N-methyl/N-ethyl adjacent to an activating group) is 2. The minimum atomic E-state index is 0.623. The molecule has 2 aliphatic heterocycles. The average Bonchev–Trinajstić information content (AvgIpc) is 2.22. The van der Waals surface area contributed by atoms with Crippen LogP contribution in [0.3, 0.4) is 0 Å². The summed E-state index contributed by atoms with van der Waals surface area (Å²) in [5.41, 5.74) is 6.22. The molecule has 3 rings (SSSR count). The van der Waals surface area contributed by atoms with Crippen molar-refractivity contribution in [1.82, 2.24) is 9.80 Å². The van der Waals surface area contributed by atoms with Gasteiger partial charge in [-0.2, -0.15) is 0 Å². The summed E-state index contributed by atoms with van der Waals surface area (Å²) in [6.07, 6.45) is 1.22. The Morgan fingerprint density at radius 3 is 2.75 bits per heavy atom. The summed E-state index contributed by atoms with van der Waals surface area (Å²) in [6.45, 7) is 5.72. The highest BCUT2D eigenvalue weighted by atomic mass is 15.2. The Morgan fingerprint density at radius 2 is 1.94 bits per heavy atom. The van der Waals surface area contributed by atoms with Gasteiger partial charge in [0.15, 0.2) is 0 Å². The lowest BCUT2D eigenvalue weighted by molar-refractivity contribution is 0.150. The molecule has 2 aliphatic rings. The molecule has 86 valence electrons. The van der Waals surface area contributed by atoms with E-state index in [0.717, 1.165) is 6.54 Å². The third-order valence-electron chi connectivity index (χ3n) is 4.02. The van der Waals surface area contributed by atoms with Crippen molar-refractivity contribution in [2.45, 2.75) is 25.9 Å². The van der Waals surface area contributed by atoms with Crippen molar-refractivity contribution in [3.05, 3.63) is 34.4 Å². The fourth-order valence-corrected chi connectivity index (χ4v) is 3.27. The zero-order valence-corrected chi connectivity index (χ0v) is 10.5. The van der Waals surface area contributed by atoms with Crippen molar-refractivity contribution in [3.8, 4) is 0 Å². The minimum Gasteiger partial charge on any atom is -0.300 e. The van der Waals surface area contributed by atoms with E-state index in [2.05, 4.69) is 43.0 Å². The zero-order chi connectivity index (χ0) is 11.3. The minimum absolute atomic E-state index is 0.623. The quantitative estimate of drug-likeness (QED) is 0.654. The molecule has 1 aromatic carbocycles. The van der Waals surface area contributed by atoms with Crippen molar-refractivity contribution in [2.24, 2.45) is 0 Å². The molecule has 0 radical (unpaired) electrons. The first-order valence-electron chi connectivity index (χ1n) is 6.16. The first kappa shape index (κ1) is 10.3. The van der Waals surface area contributed by atoms with Crippen LogP contribution in [0.4, 0.5) is 0 Å². The van der Waals surface area contributed by atoms with E-state index in [9.17, 15) is 0 Å². The molecular formula is C14H20N2. The van der Waals surface area contributed by atoms with E-state index in [1.807, 2.05) is 0 Å². The number of benzene rings is 1. The molecule has 1 aromatic rings. The van der Waals surface area contributed by atoms with Gasteiger partial charge in [-0.15, -0.1) is 0 Å². The molecule has 2 nitrogen and oxygen atoms in total. The Kier molecular flexibility index (Phi) is 2.30. The molecule has 2 heteroatoms. The highest BCUT2D eigenvalue weighted by Crippen LogP contribution is 2.36. The lowest BCUT2D eigenvalue weighted by Gasteiger charge is -2.42. The molecule has 0 saturated heterocycles. The van der Waals surface area contributed by atoms with E-state index >= 15 is 0 Å². The van der Waals surface area contributed by atoms with Crippen LogP contribution in [-0.2, 0) is 13.0 Å². The summed E-state index contributed by atoms with van der Waals surface area (Å²) in [5, 5.41) is 0. The lowest BCUT2D eigenvalue weighted by atomic mass is 9.85. The Bertz CT molecular complexity index is 425. The summed E-state index contributed by atoms with van der Waals surface area (Å²) < 4.78 is 0. The molecule has 0 saturated carbocycles. The predicted octanol–water partition coefficient (Wildman–Crippen LogP) is 1.97. The molecule has 0 aliphatic carbocycles. The van der Waals surface area contributed by atoms with Crippen molar-refractivity contribution in [2.75, 3.05) is 27.2 Å². The van der Waals surface area contributed by atoms with Crippen LogP contribution in [0.2, 0.25) is 0 Å². The number of aryl methyl sites for hydroxylation is 1. The molecule has 2 heterocycles. The third kappa shape index (κ3) is 1.48. The Morgan fingerprint density at radius 1 is 1.19 bits per heavy atom. The predicted molar refractivity (Wildman–Crippen MR) is 66.6 cm³/mol. The summed E-state index contributed by atoms with van der Waals surface area (Å²) in [4.78, 5) is 4.95. The molecule has 1 unspecified atom stereocenters. The Labute approximate surface area is 97.9 Å². The molecule has 0 amide bonds. The molecule has 0 bridgehead atoms. The molecule has 1 atom stereocenters. The normalized spacial score (nSPS) is 25.6. The number of hydrogen-bond acceptors (Lipinski definition) is 2. The van der Waals surface area contributed by atoms with Gasteiger partial charge in [0.1, 0.15) is 0 Å². The van der Waals surface area contributed by atoms with Gasteiger partial charge < -0.3 is 4.90 Å². The van der Waals surface area contributed by atoms with Crippen molar-refractivity contribution in [3.63, 3.8) is 0 Å². The molecule has 0 aromatic heterocycles. The van der Waals surface area contributed by atoms with Gasteiger partial charge >= 0.3 is 0 Å². The highest BCUT2D eigenvalue weighted by molar-refractivity contribution is 5.44. The van der Waals surface area contributed by atoms with E-state index in [0.29, 0.717) is 6.04 Å². The summed E-state index contributed by atoms with van der Waals surface area (Å²) in [6, 6.07) is 5.39. The van der Waals surface area contributed by atoms with E-state index in [1.54, 1.807) is 16.7 Å². The second-order valence-electron chi connectivity index (χ2n) is 5.44. The second kappa shape index (κ2) is 3.57. The van der Waals surface area contributed by atoms with Crippen molar-refractivity contribution in [1.29, 1.82) is 0 Å². The van der Waals surface area contributed by atoms with Crippen LogP contribution >= 0.6 is 0 Å². The van der Waals surface area contributed by atoms with Crippen LogP contribution in [-0.4, -0.2) is 37.0 Å². The first-order chi connectivity index (χ1) is 7.65. The van der Waals surface area contributed by atoms with Gasteiger partial charge in [-0.05, 0) is 44.1 Å². The largest absolute Gasteiger partial charge is 0.300 e. The monoisotopic (exact) mass is 216 g/mol. The van der Waals surface area contributed by atoms with Gasteiger partial charge in [0, 0.05) is 25.7 Å². The van der Waals surface area contributed by atoms with Gasteiger partial charge in [-0.1, -0.05) is 17.7 Å². The zero-order valence-electron chi connectivity index (χ0n) is 10.5. The topological polar surface area (TPSA) is 6.48 Å². The summed E-state index contributed by atoms with van der Waals surface area (Å²) >= 11 is 0. The van der Waals surface area contributed by atoms with Crippen LogP contribution in [0.1, 0.15) is 28.3 Å². The van der Waals surface area contributed by atoms with Gasteiger partial charge in [0.05, 0.1) is 0 Å². The van der Waals surface area contributed by atoms with E-state index in [4.69, 9.17) is 0 Å². The van der Waals surface area contributed by atoms with Gasteiger partial charge in [-0.25, -0.2) is 0 Å². The number of rotatable bonds is 0. The molecule has 0 spiro atoms. The van der Waals surface area contributed by atoms with Gasteiger partial charge in [0.2, 0.25) is 0 Å². The maximum atomic E-state index is 2.51. The average molecular weight is 216 g/mol. The Hall–Kier alpha value is -0.860. The maximum absolute atomic E-state index is 2.51. The number of hydrogen-bond donors (Lipinski definition) is 0. The second-order valence-corrected chi connectivity index (χ2v) is 5.44. The number of nitrogens with zero attached hydrogens (tertiary/aromatic N) is 2. The smallest absolute Gasteiger partial charge is 0.0478 e. The third-order valence-corrected chi connectivity index (χ3v) is 4.02.